The van der Waals surface area contributed by atoms with Crippen LogP contribution in [0, 0.1) is 5.41 Å². The highest BCUT2D eigenvalue weighted by Gasteiger charge is 2.57. The molecule has 1 aliphatic carbocycles. The van der Waals surface area contributed by atoms with Crippen LogP contribution in [0.5, 0.6) is 0 Å². The Bertz CT molecular complexity index is 420. The van der Waals surface area contributed by atoms with Gasteiger partial charge in [0.2, 0.25) is 0 Å². The van der Waals surface area contributed by atoms with Crippen molar-refractivity contribution in [2.24, 2.45) is 5.41 Å². The molecule has 0 atom stereocenters. The summed E-state index contributed by atoms with van der Waals surface area (Å²) in [6.07, 6.45) is 4.70. The normalized spacial score (nSPS) is 26.4. The van der Waals surface area contributed by atoms with Crippen molar-refractivity contribution >= 4 is 13.1 Å². The minimum Gasteiger partial charge on any atom is -0.468 e. The van der Waals surface area contributed by atoms with E-state index in [9.17, 15) is 4.79 Å². The van der Waals surface area contributed by atoms with Crippen molar-refractivity contribution in [3.8, 4) is 0 Å². The fourth-order valence-electron chi connectivity index (χ4n) is 3.22. The zero-order valence-corrected chi connectivity index (χ0v) is 14.0. The highest BCUT2D eigenvalue weighted by atomic mass is 16.7. The van der Waals surface area contributed by atoms with E-state index in [0.717, 1.165) is 32.1 Å². The summed E-state index contributed by atoms with van der Waals surface area (Å²) in [5.41, 5.74) is -0.791. The summed E-state index contributed by atoms with van der Waals surface area (Å²) in [6.45, 7) is 12.2. The maximum Gasteiger partial charge on any atom is 0.491 e. The van der Waals surface area contributed by atoms with Gasteiger partial charge in [0.25, 0.3) is 0 Å². The number of rotatable bonds is 3. The van der Waals surface area contributed by atoms with Gasteiger partial charge in [-0.15, -0.1) is 6.58 Å². The first-order valence-electron chi connectivity index (χ1n) is 7.80. The first kappa shape index (κ1) is 16.6. The molecule has 0 aromatic carbocycles. The number of ether oxygens (including phenoxy) is 1. The Morgan fingerprint density at radius 1 is 1.05 bits per heavy atom. The van der Waals surface area contributed by atoms with E-state index >= 15 is 0 Å². The van der Waals surface area contributed by atoms with Crippen LogP contribution in [0.1, 0.15) is 59.8 Å². The summed E-state index contributed by atoms with van der Waals surface area (Å²) in [7, 11) is 0.892. The van der Waals surface area contributed by atoms with E-state index in [1.54, 1.807) is 0 Å². The third-order valence-corrected chi connectivity index (χ3v) is 5.44. The van der Waals surface area contributed by atoms with Gasteiger partial charge in [-0.3, -0.25) is 4.79 Å². The second-order valence-electron chi connectivity index (χ2n) is 7.25. The summed E-state index contributed by atoms with van der Waals surface area (Å²) in [5, 5.41) is 0. The van der Waals surface area contributed by atoms with Crippen LogP contribution in [0.3, 0.4) is 0 Å². The van der Waals surface area contributed by atoms with Crippen LogP contribution in [-0.2, 0) is 18.8 Å². The maximum absolute atomic E-state index is 12.4. The molecule has 0 radical (unpaired) electrons. The largest absolute Gasteiger partial charge is 0.491 e. The summed E-state index contributed by atoms with van der Waals surface area (Å²) in [6, 6.07) is 0. The summed E-state index contributed by atoms with van der Waals surface area (Å²) >= 11 is 0. The quantitative estimate of drug-likeness (QED) is 0.592. The van der Waals surface area contributed by atoms with Crippen molar-refractivity contribution < 1.29 is 18.8 Å². The number of carbonyl (C=O) groups excluding carboxylic acids is 1. The predicted molar refractivity (Wildman–Crippen MR) is 82.8 cm³/mol. The van der Waals surface area contributed by atoms with Gasteiger partial charge >= 0.3 is 13.1 Å². The molecule has 21 heavy (non-hydrogen) atoms. The molecule has 1 aliphatic heterocycles. The lowest BCUT2D eigenvalue weighted by molar-refractivity contribution is -0.151. The number of methoxy groups -OCH3 is 1. The molecule has 0 aromatic heterocycles. The number of esters is 1. The summed E-state index contributed by atoms with van der Waals surface area (Å²) in [5.74, 6) is -0.207. The molecule has 4 nitrogen and oxygen atoms in total. The Morgan fingerprint density at radius 2 is 1.52 bits per heavy atom. The second kappa shape index (κ2) is 5.43. The SMILES string of the molecule is C=C(B1OC(C)(C)C(C)(C)O1)C1(C(=O)OC)CCCCC1. The minimum atomic E-state index is -0.659. The molecule has 0 aromatic rings. The molecular weight excluding hydrogens is 267 g/mol. The molecule has 2 aliphatic rings. The number of hydrogen-bond donors (Lipinski definition) is 0. The van der Waals surface area contributed by atoms with Crippen molar-refractivity contribution in [1.29, 1.82) is 0 Å². The van der Waals surface area contributed by atoms with E-state index in [1.165, 1.54) is 7.11 Å². The van der Waals surface area contributed by atoms with E-state index in [2.05, 4.69) is 6.58 Å². The maximum atomic E-state index is 12.4. The molecule has 0 unspecified atom stereocenters. The molecule has 0 spiro atoms. The van der Waals surface area contributed by atoms with Gasteiger partial charge in [0, 0.05) is 0 Å². The molecule has 2 rings (SSSR count). The molecule has 0 amide bonds. The standard InChI is InChI=1S/C16H27BO4/c1-12(17-20-14(2,3)15(4,5)21-17)16(13(18)19-6)10-8-7-9-11-16/h1,7-11H2,2-6H3. The monoisotopic (exact) mass is 294 g/mol. The van der Waals surface area contributed by atoms with Crippen molar-refractivity contribution in [3.63, 3.8) is 0 Å². The zero-order valence-electron chi connectivity index (χ0n) is 14.0. The van der Waals surface area contributed by atoms with Gasteiger partial charge in [0.05, 0.1) is 23.7 Å². The fourth-order valence-corrected chi connectivity index (χ4v) is 3.22. The van der Waals surface area contributed by atoms with Crippen LogP contribution in [0.4, 0.5) is 0 Å². The van der Waals surface area contributed by atoms with E-state index in [1.807, 2.05) is 27.7 Å². The van der Waals surface area contributed by atoms with Crippen LogP contribution in [0.25, 0.3) is 0 Å². The van der Waals surface area contributed by atoms with Gasteiger partial charge in [0.1, 0.15) is 0 Å². The molecule has 5 heteroatoms. The van der Waals surface area contributed by atoms with Crippen LogP contribution < -0.4 is 0 Å². The van der Waals surface area contributed by atoms with Crippen molar-refractivity contribution in [2.45, 2.75) is 71.0 Å². The predicted octanol–water partition coefficient (Wildman–Crippen LogP) is 3.30. The van der Waals surface area contributed by atoms with Crippen LogP contribution in [0.2, 0.25) is 0 Å². The number of hydrogen-bond acceptors (Lipinski definition) is 4. The van der Waals surface area contributed by atoms with E-state index < -0.39 is 23.7 Å². The average Bonchev–Trinajstić information content (AvgIpc) is 2.66. The number of carbonyl (C=O) groups is 1. The van der Waals surface area contributed by atoms with Gasteiger partial charge in [-0.2, -0.15) is 0 Å². The van der Waals surface area contributed by atoms with Crippen LogP contribution >= 0.6 is 0 Å². The summed E-state index contributed by atoms with van der Waals surface area (Å²) in [4.78, 5) is 12.4. The third kappa shape index (κ3) is 2.66. The van der Waals surface area contributed by atoms with Crippen LogP contribution in [-0.4, -0.2) is 31.4 Å². The third-order valence-electron chi connectivity index (χ3n) is 5.44. The molecule has 1 heterocycles. The minimum absolute atomic E-state index is 0.207. The lowest BCUT2D eigenvalue weighted by Gasteiger charge is -2.37. The zero-order chi connectivity index (χ0) is 15.9. The van der Waals surface area contributed by atoms with E-state index in [0.29, 0.717) is 5.47 Å². The average molecular weight is 294 g/mol. The molecule has 118 valence electrons. The highest BCUT2D eigenvalue weighted by molar-refractivity contribution is 6.55. The van der Waals surface area contributed by atoms with Gasteiger partial charge < -0.3 is 14.0 Å². The topological polar surface area (TPSA) is 44.8 Å². The van der Waals surface area contributed by atoms with Crippen molar-refractivity contribution in [2.75, 3.05) is 7.11 Å². The lowest BCUT2D eigenvalue weighted by Crippen LogP contribution is -2.42. The molecule has 0 bridgehead atoms. The fraction of sp³-hybridized carbons (Fsp3) is 0.812. The molecule has 1 saturated heterocycles. The van der Waals surface area contributed by atoms with Crippen LogP contribution in [0.15, 0.2) is 12.1 Å². The Hall–Kier alpha value is -0.805. The summed E-state index contributed by atoms with van der Waals surface area (Å²) < 4.78 is 17.2. The molecule has 0 N–H and O–H groups in total. The van der Waals surface area contributed by atoms with Crippen molar-refractivity contribution in [1.82, 2.24) is 0 Å². The Morgan fingerprint density at radius 3 is 1.95 bits per heavy atom. The Kier molecular flexibility index (Phi) is 4.29. The first-order chi connectivity index (χ1) is 9.66. The van der Waals surface area contributed by atoms with E-state index in [-0.39, 0.29) is 5.97 Å². The molecular formula is C16H27BO4. The Balaban J connectivity index is 2.26. The Labute approximate surface area is 128 Å². The lowest BCUT2D eigenvalue weighted by atomic mass is 9.57. The molecule has 2 fully saturated rings. The van der Waals surface area contributed by atoms with E-state index in [4.69, 9.17) is 14.0 Å². The second-order valence-corrected chi connectivity index (χ2v) is 7.25. The van der Waals surface area contributed by atoms with Crippen molar-refractivity contribution in [3.05, 3.63) is 12.1 Å². The molecule has 1 saturated carbocycles. The smallest absolute Gasteiger partial charge is 0.468 e. The van der Waals surface area contributed by atoms with Gasteiger partial charge in [-0.1, -0.05) is 19.3 Å². The van der Waals surface area contributed by atoms with Gasteiger partial charge in [-0.05, 0) is 46.0 Å². The van der Waals surface area contributed by atoms with Gasteiger partial charge in [0.15, 0.2) is 0 Å². The highest BCUT2D eigenvalue weighted by Crippen LogP contribution is 2.48. The van der Waals surface area contributed by atoms with Gasteiger partial charge in [-0.25, -0.2) is 0 Å². The first-order valence-corrected chi connectivity index (χ1v) is 7.80.